The topological polar surface area (TPSA) is 50.7 Å². The molecule has 0 fully saturated rings. The lowest BCUT2D eigenvalue weighted by molar-refractivity contribution is 0.0529. The third-order valence-electron chi connectivity index (χ3n) is 2.19. The summed E-state index contributed by atoms with van der Waals surface area (Å²) >= 11 is 4.53. The fourth-order valence-corrected chi connectivity index (χ4v) is 1.48. The second-order valence-electron chi connectivity index (χ2n) is 5.23. The Kier molecular flexibility index (Phi) is 6.61. The number of carbonyl (C=O) groups excluding carboxylic acids is 1. The molecule has 1 N–H and O–H groups in total. The molecule has 0 aliphatic carbocycles. The molecule has 0 saturated carbocycles. The lowest BCUT2D eigenvalue weighted by Gasteiger charge is -2.19. The molecular formula is C16H18N2O2S. The van der Waals surface area contributed by atoms with Crippen molar-refractivity contribution in [3.63, 3.8) is 0 Å². The minimum absolute atomic E-state index is 0.424. The van der Waals surface area contributed by atoms with Gasteiger partial charge in [0.25, 0.3) is 0 Å². The summed E-state index contributed by atoms with van der Waals surface area (Å²) in [5, 5.41) is 4.96. The molecule has 1 rings (SSSR count). The van der Waals surface area contributed by atoms with E-state index in [9.17, 15) is 4.79 Å². The SMILES string of the molecule is CC(C)(C)OC(=O)NCCC#Cc1ccc(N=C=S)cc1. The Morgan fingerprint density at radius 2 is 2.00 bits per heavy atom. The van der Waals surface area contributed by atoms with Crippen molar-refractivity contribution in [1.29, 1.82) is 0 Å². The monoisotopic (exact) mass is 302 g/mol. The van der Waals surface area contributed by atoms with Crippen LogP contribution >= 0.6 is 12.2 Å². The first-order valence-corrected chi connectivity index (χ1v) is 6.95. The number of benzene rings is 1. The fourth-order valence-electron chi connectivity index (χ4n) is 1.38. The van der Waals surface area contributed by atoms with Gasteiger partial charge in [-0.15, -0.1) is 0 Å². The van der Waals surface area contributed by atoms with E-state index in [1.54, 1.807) is 0 Å². The minimum atomic E-state index is -0.484. The molecule has 0 aliphatic rings. The highest BCUT2D eigenvalue weighted by atomic mass is 32.1. The third-order valence-corrected chi connectivity index (χ3v) is 2.28. The number of nitrogens with one attached hydrogen (secondary N) is 1. The maximum absolute atomic E-state index is 11.4. The van der Waals surface area contributed by atoms with E-state index in [1.165, 1.54) is 0 Å². The molecule has 4 nitrogen and oxygen atoms in total. The molecule has 5 heteroatoms. The van der Waals surface area contributed by atoms with E-state index < -0.39 is 11.7 Å². The van der Waals surface area contributed by atoms with E-state index in [0.717, 1.165) is 11.3 Å². The number of ether oxygens (including phenoxy) is 1. The largest absolute Gasteiger partial charge is 0.444 e. The lowest BCUT2D eigenvalue weighted by Crippen LogP contribution is -2.32. The Morgan fingerprint density at radius 1 is 1.33 bits per heavy atom. The van der Waals surface area contributed by atoms with E-state index in [0.29, 0.717) is 13.0 Å². The summed E-state index contributed by atoms with van der Waals surface area (Å²) in [6.45, 7) is 5.92. The van der Waals surface area contributed by atoms with Gasteiger partial charge in [-0.25, -0.2) is 4.79 Å². The van der Waals surface area contributed by atoms with E-state index in [-0.39, 0.29) is 0 Å². The molecule has 110 valence electrons. The average Bonchev–Trinajstić information content (AvgIpc) is 2.38. The van der Waals surface area contributed by atoms with Gasteiger partial charge >= 0.3 is 6.09 Å². The molecule has 21 heavy (non-hydrogen) atoms. The highest BCUT2D eigenvalue weighted by molar-refractivity contribution is 7.78. The van der Waals surface area contributed by atoms with Crippen molar-refractivity contribution in [1.82, 2.24) is 5.32 Å². The van der Waals surface area contributed by atoms with Crippen molar-refractivity contribution < 1.29 is 9.53 Å². The van der Waals surface area contributed by atoms with E-state index in [1.807, 2.05) is 45.0 Å². The van der Waals surface area contributed by atoms with Crippen LogP contribution in [0, 0.1) is 11.8 Å². The zero-order valence-electron chi connectivity index (χ0n) is 12.4. The van der Waals surface area contributed by atoms with Gasteiger partial charge in [0.15, 0.2) is 0 Å². The molecule has 0 saturated heterocycles. The summed E-state index contributed by atoms with van der Waals surface area (Å²) in [6, 6.07) is 7.37. The van der Waals surface area contributed by atoms with Crippen molar-refractivity contribution in [2.75, 3.05) is 6.54 Å². The van der Waals surface area contributed by atoms with Crippen molar-refractivity contribution >= 4 is 29.2 Å². The van der Waals surface area contributed by atoms with Crippen molar-refractivity contribution in [3.8, 4) is 11.8 Å². The molecule has 0 unspecified atom stereocenters. The van der Waals surface area contributed by atoms with E-state index in [2.05, 4.69) is 39.5 Å². The molecule has 0 heterocycles. The molecule has 1 aromatic rings. The van der Waals surface area contributed by atoms with Crippen molar-refractivity contribution in [3.05, 3.63) is 29.8 Å². The number of isothiocyanates is 1. The van der Waals surface area contributed by atoms with E-state index in [4.69, 9.17) is 4.74 Å². The Labute approximate surface area is 130 Å². The second kappa shape index (κ2) is 8.21. The molecule has 1 amide bonds. The summed E-state index contributed by atoms with van der Waals surface area (Å²) in [5.41, 5.74) is 1.15. The number of nitrogens with zero attached hydrogens (tertiary/aromatic N) is 1. The van der Waals surface area contributed by atoms with Crippen LogP contribution < -0.4 is 5.32 Å². The standard InChI is InChI=1S/C16H18N2O2S/c1-16(2,3)20-15(19)17-11-5-4-6-13-7-9-14(10-8-13)18-12-21/h7-10H,5,11H2,1-3H3,(H,17,19). The van der Waals surface area contributed by atoms with Gasteiger partial charge in [-0.2, -0.15) is 4.99 Å². The van der Waals surface area contributed by atoms with Gasteiger partial charge in [-0.3, -0.25) is 0 Å². The summed E-state index contributed by atoms with van der Waals surface area (Å²) < 4.78 is 5.12. The minimum Gasteiger partial charge on any atom is -0.444 e. The summed E-state index contributed by atoms with van der Waals surface area (Å²) in [7, 11) is 0. The predicted octanol–water partition coefficient (Wildman–Crippen LogP) is 3.69. The van der Waals surface area contributed by atoms with Gasteiger partial charge < -0.3 is 10.1 Å². The number of rotatable bonds is 3. The molecule has 0 bridgehead atoms. The van der Waals surface area contributed by atoms with Gasteiger partial charge in [0.2, 0.25) is 0 Å². The van der Waals surface area contributed by atoms with Crippen LogP contribution in [0.2, 0.25) is 0 Å². The maximum atomic E-state index is 11.4. The maximum Gasteiger partial charge on any atom is 0.407 e. The third kappa shape index (κ3) is 7.88. The molecular weight excluding hydrogens is 284 g/mol. The van der Waals surface area contributed by atoms with Crippen LogP contribution in [0.3, 0.4) is 0 Å². The number of thiocarbonyl (C=S) groups is 1. The van der Waals surface area contributed by atoms with Gasteiger partial charge in [-0.05, 0) is 57.3 Å². The molecule has 0 spiro atoms. The van der Waals surface area contributed by atoms with Crippen LogP contribution in [0.25, 0.3) is 0 Å². The Balaban J connectivity index is 2.36. The first-order valence-electron chi connectivity index (χ1n) is 6.54. The normalized spacial score (nSPS) is 9.86. The number of hydrogen-bond donors (Lipinski definition) is 1. The first-order chi connectivity index (χ1) is 9.90. The zero-order chi connectivity index (χ0) is 15.7. The average molecular weight is 302 g/mol. The number of hydrogen-bond acceptors (Lipinski definition) is 4. The molecule has 1 aromatic carbocycles. The fraction of sp³-hybridized carbons (Fsp3) is 0.375. The lowest BCUT2D eigenvalue weighted by atomic mass is 10.2. The van der Waals surface area contributed by atoms with Gasteiger partial charge in [0.1, 0.15) is 5.60 Å². The Hall–Kier alpha value is -2.15. The van der Waals surface area contributed by atoms with Gasteiger partial charge in [0.05, 0.1) is 10.8 Å². The predicted molar refractivity (Wildman–Crippen MR) is 86.9 cm³/mol. The van der Waals surface area contributed by atoms with Crippen LogP contribution in [0.15, 0.2) is 29.3 Å². The molecule has 0 radical (unpaired) electrons. The first kappa shape index (κ1) is 16.9. The second-order valence-corrected chi connectivity index (χ2v) is 5.41. The van der Waals surface area contributed by atoms with Crippen molar-refractivity contribution in [2.45, 2.75) is 32.8 Å². The number of alkyl carbamates (subject to hydrolysis) is 1. The number of carbonyl (C=O) groups is 1. The van der Waals surface area contributed by atoms with Gasteiger partial charge in [0, 0.05) is 18.5 Å². The molecule has 0 aromatic heterocycles. The van der Waals surface area contributed by atoms with Crippen LogP contribution in [0.5, 0.6) is 0 Å². The summed E-state index contributed by atoms with van der Waals surface area (Å²) in [4.78, 5) is 15.2. The summed E-state index contributed by atoms with van der Waals surface area (Å²) in [5.74, 6) is 5.99. The molecule has 0 atom stereocenters. The summed E-state index contributed by atoms with van der Waals surface area (Å²) in [6.07, 6.45) is 0.130. The highest BCUT2D eigenvalue weighted by Gasteiger charge is 2.15. The smallest absolute Gasteiger partial charge is 0.407 e. The van der Waals surface area contributed by atoms with Gasteiger partial charge in [-0.1, -0.05) is 11.8 Å². The Bertz CT molecular complexity index is 585. The van der Waals surface area contributed by atoms with Crippen LogP contribution in [-0.2, 0) is 4.74 Å². The number of amides is 1. The Morgan fingerprint density at radius 3 is 2.57 bits per heavy atom. The number of aliphatic imine (C=N–C) groups is 1. The van der Waals surface area contributed by atoms with Crippen LogP contribution in [0.4, 0.5) is 10.5 Å². The molecule has 0 aliphatic heterocycles. The van der Waals surface area contributed by atoms with Crippen LogP contribution in [-0.4, -0.2) is 23.4 Å². The van der Waals surface area contributed by atoms with Crippen molar-refractivity contribution in [2.24, 2.45) is 4.99 Å². The quantitative estimate of drug-likeness (QED) is 0.401. The van der Waals surface area contributed by atoms with E-state index >= 15 is 0 Å². The highest BCUT2D eigenvalue weighted by Crippen LogP contribution is 2.11. The zero-order valence-corrected chi connectivity index (χ0v) is 13.2. The van der Waals surface area contributed by atoms with Crippen LogP contribution in [0.1, 0.15) is 32.8 Å².